The van der Waals surface area contributed by atoms with Crippen LogP contribution in [-0.4, -0.2) is 0 Å². The molecule has 0 saturated carbocycles. The number of halogens is 2. The predicted octanol–water partition coefficient (Wildman–Crippen LogP) is 8.65. The van der Waals surface area contributed by atoms with Gasteiger partial charge in [-0.25, -0.2) is 4.42 Å². The van der Waals surface area contributed by atoms with Crippen molar-refractivity contribution in [2.45, 2.75) is 13.8 Å². The van der Waals surface area contributed by atoms with Gasteiger partial charge in [0.05, 0.1) is 33.7 Å². The number of rotatable bonds is 6. The Kier molecular flexibility index (Phi) is 9.11. The Balaban J connectivity index is 1.32. The van der Waals surface area contributed by atoms with Crippen molar-refractivity contribution in [1.29, 1.82) is 0 Å². The van der Waals surface area contributed by atoms with Gasteiger partial charge >= 0.3 is 11.5 Å². The van der Waals surface area contributed by atoms with Crippen LogP contribution in [0.2, 0.25) is 0 Å². The van der Waals surface area contributed by atoms with Crippen molar-refractivity contribution in [2.24, 2.45) is 5.92 Å². The maximum Gasteiger partial charge on any atom is 0.361 e. The van der Waals surface area contributed by atoms with Crippen molar-refractivity contribution >= 4 is 68.9 Å². The molecule has 0 aliphatic carbocycles. The minimum atomic E-state index is -0.317. The Morgan fingerprint density at radius 3 is 1.79 bits per heavy atom. The molecule has 48 heavy (non-hydrogen) atoms. The number of benzene rings is 4. The van der Waals surface area contributed by atoms with Crippen LogP contribution in [0.15, 0.2) is 135 Å². The molecule has 1 aliphatic heterocycles. The lowest BCUT2D eigenvalue weighted by Crippen LogP contribution is -2.64. The topological polar surface area (TPSA) is 54.7 Å². The second-order valence-corrected chi connectivity index (χ2v) is 14.3. The molecule has 0 fully saturated rings. The van der Waals surface area contributed by atoms with Gasteiger partial charge in [-0.1, -0.05) is 60.7 Å². The van der Waals surface area contributed by atoms with Crippen molar-refractivity contribution in [3.05, 3.63) is 187 Å². The van der Waals surface area contributed by atoms with Crippen LogP contribution in [0, 0.1) is 26.9 Å². The van der Waals surface area contributed by atoms with Crippen molar-refractivity contribution < 1.29 is 9.15 Å². The Labute approximate surface area is 305 Å². The summed E-state index contributed by atoms with van der Waals surface area (Å²) in [5.41, 5.74) is 6.06. The van der Waals surface area contributed by atoms with Gasteiger partial charge in [0, 0.05) is 24.2 Å². The molecule has 7 rings (SSSR count). The van der Waals surface area contributed by atoms with Crippen LogP contribution in [-0.2, 0) is 4.74 Å². The molecule has 0 spiro atoms. The average molecular weight is 851 g/mol. The zero-order valence-electron chi connectivity index (χ0n) is 26.2. The molecule has 1 aromatic heterocycles. The molecule has 1 atom stereocenters. The van der Waals surface area contributed by atoms with Gasteiger partial charge in [-0.2, -0.15) is 0 Å². The number of allylic oxidation sites excluding steroid dienone is 2. The van der Waals surface area contributed by atoms with Crippen LogP contribution in [0.4, 0.5) is 0 Å². The van der Waals surface area contributed by atoms with Crippen LogP contribution >= 0.6 is 45.2 Å². The van der Waals surface area contributed by atoms with Crippen LogP contribution in [0.1, 0.15) is 27.8 Å². The molecule has 0 saturated heterocycles. The Morgan fingerprint density at radius 1 is 0.625 bits per heavy atom. The van der Waals surface area contributed by atoms with E-state index in [2.05, 4.69) is 45.2 Å². The first-order chi connectivity index (χ1) is 23.2. The molecule has 0 N–H and O–H groups in total. The zero-order valence-corrected chi connectivity index (χ0v) is 30.5. The molecule has 0 bridgehead atoms. The van der Waals surface area contributed by atoms with Crippen LogP contribution < -0.4 is 21.3 Å². The van der Waals surface area contributed by atoms with Crippen LogP contribution in [0.25, 0.3) is 46.3 Å². The predicted molar refractivity (Wildman–Crippen MR) is 211 cm³/mol. The monoisotopic (exact) mass is 851 g/mol. The molecule has 1 aliphatic rings. The maximum absolute atomic E-state index is 13.6. The SMILES string of the molecule is Cc1ccccc1C1=CC(C=c2c(=O)c(=Cc3cc(-c4ccc(I)cc4)[o+]c(-c4ccccc4C)c3)c2=O)C=C(c2ccc(I)cc2)O1. The smallest absolute Gasteiger partial charge is 0.361 e. The van der Waals surface area contributed by atoms with E-state index in [-0.39, 0.29) is 27.2 Å². The highest BCUT2D eigenvalue weighted by Gasteiger charge is 2.23. The summed E-state index contributed by atoms with van der Waals surface area (Å²) in [5.74, 6) is 2.38. The average Bonchev–Trinajstić information content (AvgIpc) is 3.10. The fraction of sp³-hybridized carbons (Fsp3) is 0.0714. The molecule has 2 heterocycles. The van der Waals surface area contributed by atoms with E-state index in [9.17, 15) is 9.59 Å². The van der Waals surface area contributed by atoms with Gasteiger partial charge in [0.25, 0.3) is 0 Å². The first-order valence-corrected chi connectivity index (χ1v) is 17.7. The van der Waals surface area contributed by atoms with Crippen molar-refractivity contribution in [1.82, 2.24) is 0 Å². The summed E-state index contributed by atoms with van der Waals surface area (Å²) in [7, 11) is 0. The lowest BCUT2D eigenvalue weighted by molar-refractivity contribution is 0.458. The quantitative estimate of drug-likeness (QED) is 0.125. The highest BCUT2D eigenvalue weighted by molar-refractivity contribution is 14.1. The number of ether oxygens (including phenoxy) is 1. The Bertz CT molecular complexity index is 2410. The summed E-state index contributed by atoms with van der Waals surface area (Å²) in [4.78, 5) is 27.2. The molecule has 0 amide bonds. The second-order valence-electron chi connectivity index (χ2n) is 11.8. The normalized spacial score (nSPS) is 14.2. The highest BCUT2D eigenvalue weighted by Crippen LogP contribution is 2.34. The molecule has 0 radical (unpaired) electrons. The van der Waals surface area contributed by atoms with Gasteiger partial charge < -0.3 is 4.74 Å². The third-order valence-corrected chi connectivity index (χ3v) is 9.89. The number of hydrogen-bond acceptors (Lipinski definition) is 3. The molecule has 1 unspecified atom stereocenters. The summed E-state index contributed by atoms with van der Waals surface area (Å²) in [6.07, 6.45) is 7.36. The standard InChI is InChI=1S/C42H29I2O4/c1-25-7-3-5-9-33(25)39-23-27(21-37(47-39)29-11-15-31(43)16-12-29)19-35-41(45)36(42(35)46)20-28-22-38(30-13-17-32(44)18-14-30)48-40(24-28)34-10-6-4-8-26(34)2/h3-24,27H,1-2H3/q+1. The third-order valence-electron chi connectivity index (χ3n) is 8.45. The van der Waals surface area contributed by atoms with Crippen LogP contribution in [0.5, 0.6) is 0 Å². The van der Waals surface area contributed by atoms with Gasteiger partial charge in [-0.15, -0.1) is 0 Å². The van der Waals surface area contributed by atoms with E-state index in [1.165, 1.54) is 0 Å². The summed E-state index contributed by atoms with van der Waals surface area (Å²) in [5, 5.41) is 0.345. The first-order valence-electron chi connectivity index (χ1n) is 15.5. The first kappa shape index (κ1) is 32.2. The molecular formula is C42H29I2O4+. The van der Waals surface area contributed by atoms with Gasteiger partial charge in [-0.3, -0.25) is 9.59 Å². The lowest BCUT2D eigenvalue weighted by Gasteiger charge is -2.22. The van der Waals surface area contributed by atoms with E-state index in [0.717, 1.165) is 46.1 Å². The number of aryl methyl sites for hydroxylation is 2. The van der Waals surface area contributed by atoms with Gasteiger partial charge in [-0.05, 0) is 136 Å². The lowest BCUT2D eigenvalue weighted by atomic mass is 9.96. The van der Waals surface area contributed by atoms with Crippen molar-refractivity contribution in [2.75, 3.05) is 0 Å². The van der Waals surface area contributed by atoms with Gasteiger partial charge in [0.1, 0.15) is 11.5 Å². The minimum absolute atomic E-state index is 0.161. The van der Waals surface area contributed by atoms with Crippen molar-refractivity contribution in [3.63, 3.8) is 0 Å². The van der Waals surface area contributed by atoms with E-state index >= 15 is 0 Å². The third kappa shape index (κ3) is 6.64. The highest BCUT2D eigenvalue weighted by atomic mass is 127. The Morgan fingerprint density at radius 2 is 1.17 bits per heavy atom. The molecule has 234 valence electrons. The molecule has 6 aromatic rings. The molecule has 4 nitrogen and oxygen atoms in total. The molecular weight excluding hydrogens is 822 g/mol. The van der Waals surface area contributed by atoms with Gasteiger partial charge in [0.2, 0.25) is 10.9 Å². The van der Waals surface area contributed by atoms with E-state index in [1.807, 2.05) is 135 Å². The van der Waals surface area contributed by atoms with Crippen molar-refractivity contribution in [3.8, 4) is 22.6 Å². The maximum atomic E-state index is 13.6. The molecule has 6 heteroatoms. The fourth-order valence-corrected chi connectivity index (χ4v) is 6.58. The number of hydrogen-bond donors (Lipinski definition) is 0. The summed E-state index contributed by atoms with van der Waals surface area (Å²) < 4.78 is 15.0. The van der Waals surface area contributed by atoms with E-state index < -0.39 is 0 Å². The van der Waals surface area contributed by atoms with E-state index in [1.54, 1.807) is 12.2 Å². The largest absolute Gasteiger partial charge is 0.457 e. The second kappa shape index (κ2) is 13.6. The van der Waals surface area contributed by atoms with E-state index in [0.29, 0.717) is 23.0 Å². The summed E-state index contributed by atoms with van der Waals surface area (Å²) >= 11 is 4.55. The van der Waals surface area contributed by atoms with Gasteiger partial charge in [0.15, 0.2) is 0 Å². The Hall–Kier alpha value is -4.41. The minimum Gasteiger partial charge on any atom is -0.457 e. The zero-order chi connectivity index (χ0) is 33.4. The van der Waals surface area contributed by atoms with Crippen LogP contribution in [0.3, 0.4) is 0 Å². The van der Waals surface area contributed by atoms with E-state index in [4.69, 9.17) is 9.15 Å². The summed E-state index contributed by atoms with van der Waals surface area (Å²) in [6.45, 7) is 4.07. The molecule has 5 aromatic carbocycles. The fourth-order valence-electron chi connectivity index (χ4n) is 5.86. The summed E-state index contributed by atoms with van der Waals surface area (Å²) in [6, 6.07) is 35.9.